The molecule has 0 aliphatic heterocycles. The zero-order valence-corrected chi connectivity index (χ0v) is 11.3. The maximum absolute atomic E-state index is 11.8. The Hall–Kier alpha value is -1.49. The number of hydrogen-bond donors (Lipinski definition) is 2. The molecule has 1 aromatic rings. The zero-order chi connectivity index (χ0) is 13.7. The molecule has 0 atom stereocenters. The molecule has 1 aromatic heterocycles. The lowest BCUT2D eigenvalue weighted by molar-refractivity contribution is -0.00787. The Morgan fingerprint density at radius 3 is 2.63 bits per heavy atom. The van der Waals surface area contributed by atoms with E-state index < -0.39 is 5.60 Å². The topological polar surface area (TPSA) is 75.1 Å². The first-order chi connectivity index (χ1) is 9.13. The number of rotatable bonds is 4. The number of carbonyl (C=O) groups is 1. The summed E-state index contributed by atoms with van der Waals surface area (Å²) in [5.74, 6) is 0.491. The highest BCUT2D eigenvalue weighted by molar-refractivity contribution is 5.93. The summed E-state index contributed by atoms with van der Waals surface area (Å²) >= 11 is 0. The van der Waals surface area contributed by atoms with Crippen LogP contribution >= 0.6 is 0 Å². The second kappa shape index (κ2) is 6.10. The van der Waals surface area contributed by atoms with Gasteiger partial charge < -0.3 is 10.4 Å². The molecule has 1 fully saturated rings. The summed E-state index contributed by atoms with van der Waals surface area (Å²) in [7, 11) is 0. The van der Waals surface area contributed by atoms with E-state index in [4.69, 9.17) is 0 Å². The second-order valence-corrected chi connectivity index (χ2v) is 5.39. The first-order valence-electron chi connectivity index (χ1n) is 6.88. The van der Waals surface area contributed by atoms with E-state index in [0.717, 1.165) is 31.6 Å². The lowest BCUT2D eigenvalue weighted by Gasteiger charge is -2.35. The summed E-state index contributed by atoms with van der Waals surface area (Å²) in [4.78, 5) is 19.5. The van der Waals surface area contributed by atoms with Crippen molar-refractivity contribution in [2.75, 3.05) is 6.54 Å². The average Bonchev–Trinajstić information content (AvgIpc) is 2.47. The third kappa shape index (κ3) is 3.73. The fourth-order valence-corrected chi connectivity index (χ4v) is 2.56. The van der Waals surface area contributed by atoms with Crippen molar-refractivity contribution < 1.29 is 9.90 Å². The summed E-state index contributed by atoms with van der Waals surface area (Å²) in [6, 6.07) is 0. The normalized spacial score (nSPS) is 26.9. The number of amides is 1. The highest BCUT2D eigenvalue weighted by atomic mass is 16.3. The lowest BCUT2D eigenvalue weighted by Crippen LogP contribution is -2.45. The molecule has 0 unspecified atom stereocenters. The molecule has 0 spiro atoms. The molecule has 5 heteroatoms. The minimum absolute atomic E-state index is 0.230. The van der Waals surface area contributed by atoms with Crippen molar-refractivity contribution in [3.05, 3.63) is 24.3 Å². The Morgan fingerprint density at radius 1 is 1.42 bits per heavy atom. The highest BCUT2D eigenvalue weighted by Crippen LogP contribution is 2.33. The van der Waals surface area contributed by atoms with Crippen LogP contribution in [0.4, 0.5) is 0 Å². The number of aliphatic hydroxyl groups is 1. The van der Waals surface area contributed by atoms with Crippen molar-refractivity contribution in [2.45, 2.75) is 44.6 Å². The van der Waals surface area contributed by atoms with Crippen LogP contribution in [0.1, 0.15) is 49.4 Å². The predicted molar refractivity (Wildman–Crippen MR) is 71.6 cm³/mol. The molecule has 2 N–H and O–H groups in total. The van der Waals surface area contributed by atoms with Crippen LogP contribution in [0.15, 0.2) is 18.7 Å². The molecule has 0 radical (unpaired) electrons. The summed E-state index contributed by atoms with van der Waals surface area (Å²) in [6.07, 6.45) is 9.10. The van der Waals surface area contributed by atoms with Crippen molar-refractivity contribution in [3.8, 4) is 0 Å². The Balaban J connectivity index is 1.84. The van der Waals surface area contributed by atoms with Crippen LogP contribution in [0.5, 0.6) is 0 Å². The van der Waals surface area contributed by atoms with Crippen LogP contribution in [-0.4, -0.2) is 33.1 Å². The van der Waals surface area contributed by atoms with E-state index in [-0.39, 0.29) is 5.91 Å². The van der Waals surface area contributed by atoms with Gasteiger partial charge >= 0.3 is 0 Å². The molecule has 1 saturated carbocycles. The molecule has 2 rings (SSSR count). The van der Waals surface area contributed by atoms with Crippen LogP contribution < -0.4 is 5.32 Å². The van der Waals surface area contributed by atoms with Gasteiger partial charge in [-0.25, -0.2) is 9.97 Å². The zero-order valence-electron chi connectivity index (χ0n) is 11.3. The van der Waals surface area contributed by atoms with E-state index in [1.807, 2.05) is 0 Å². The van der Waals surface area contributed by atoms with E-state index in [1.165, 1.54) is 25.1 Å². The SMILES string of the molecule is CCC1CCC(O)(CNC(=O)c2cncnc2)CC1. The van der Waals surface area contributed by atoms with Gasteiger partial charge in [0, 0.05) is 18.9 Å². The van der Waals surface area contributed by atoms with Gasteiger partial charge in [0.1, 0.15) is 6.33 Å². The first-order valence-corrected chi connectivity index (χ1v) is 6.88. The fraction of sp³-hybridized carbons (Fsp3) is 0.643. The summed E-state index contributed by atoms with van der Waals surface area (Å²) in [5.41, 5.74) is -0.329. The van der Waals surface area contributed by atoms with Gasteiger partial charge in [-0.3, -0.25) is 4.79 Å². The van der Waals surface area contributed by atoms with Gasteiger partial charge in [0.25, 0.3) is 5.91 Å². The molecule has 1 heterocycles. The second-order valence-electron chi connectivity index (χ2n) is 5.39. The van der Waals surface area contributed by atoms with Crippen LogP contribution in [0, 0.1) is 5.92 Å². The molecule has 1 aliphatic carbocycles. The number of carbonyl (C=O) groups excluding carboxylic acids is 1. The van der Waals surface area contributed by atoms with Crippen molar-refractivity contribution in [1.82, 2.24) is 15.3 Å². The molecule has 0 aromatic carbocycles. The van der Waals surface area contributed by atoms with Crippen LogP contribution in [0.3, 0.4) is 0 Å². The standard InChI is InChI=1S/C14H21N3O2/c1-2-11-3-5-14(19,6-4-11)9-17-13(18)12-7-15-10-16-8-12/h7-8,10-11,19H,2-6,9H2,1H3,(H,17,18). The van der Waals surface area contributed by atoms with Gasteiger partial charge in [-0.1, -0.05) is 13.3 Å². The van der Waals surface area contributed by atoms with E-state index in [0.29, 0.717) is 12.1 Å². The first kappa shape index (κ1) is 13.9. The smallest absolute Gasteiger partial charge is 0.254 e. The van der Waals surface area contributed by atoms with Crippen molar-refractivity contribution in [1.29, 1.82) is 0 Å². The number of aromatic nitrogens is 2. The number of nitrogens with one attached hydrogen (secondary N) is 1. The Kier molecular flexibility index (Phi) is 4.47. The number of hydrogen-bond acceptors (Lipinski definition) is 4. The van der Waals surface area contributed by atoms with Crippen molar-refractivity contribution in [3.63, 3.8) is 0 Å². The monoisotopic (exact) mass is 263 g/mol. The van der Waals surface area contributed by atoms with Gasteiger partial charge in [0.2, 0.25) is 0 Å². The molecule has 19 heavy (non-hydrogen) atoms. The Morgan fingerprint density at radius 2 is 2.05 bits per heavy atom. The number of nitrogens with zero attached hydrogens (tertiary/aromatic N) is 2. The van der Waals surface area contributed by atoms with Gasteiger partial charge in [0.15, 0.2) is 0 Å². The minimum atomic E-state index is -0.753. The molecular formula is C14H21N3O2. The molecule has 5 nitrogen and oxygen atoms in total. The van der Waals surface area contributed by atoms with Gasteiger partial charge in [-0.05, 0) is 31.6 Å². The quantitative estimate of drug-likeness (QED) is 0.864. The van der Waals surface area contributed by atoms with Crippen LogP contribution in [0.2, 0.25) is 0 Å². The molecule has 104 valence electrons. The van der Waals surface area contributed by atoms with E-state index in [2.05, 4.69) is 22.2 Å². The Bertz CT molecular complexity index is 414. The fourth-order valence-electron chi connectivity index (χ4n) is 2.56. The predicted octanol–water partition coefficient (Wildman–Crippen LogP) is 1.54. The van der Waals surface area contributed by atoms with Crippen LogP contribution in [-0.2, 0) is 0 Å². The lowest BCUT2D eigenvalue weighted by atomic mass is 9.78. The average molecular weight is 263 g/mol. The summed E-state index contributed by atoms with van der Waals surface area (Å²) < 4.78 is 0. The third-order valence-corrected chi connectivity index (χ3v) is 4.01. The Labute approximate surface area is 113 Å². The summed E-state index contributed by atoms with van der Waals surface area (Å²) in [5, 5.41) is 13.2. The van der Waals surface area contributed by atoms with E-state index in [9.17, 15) is 9.90 Å². The van der Waals surface area contributed by atoms with E-state index >= 15 is 0 Å². The molecule has 0 bridgehead atoms. The third-order valence-electron chi connectivity index (χ3n) is 4.01. The largest absolute Gasteiger partial charge is 0.388 e. The highest BCUT2D eigenvalue weighted by Gasteiger charge is 2.32. The van der Waals surface area contributed by atoms with Gasteiger partial charge in [0.05, 0.1) is 11.2 Å². The van der Waals surface area contributed by atoms with Gasteiger partial charge in [-0.15, -0.1) is 0 Å². The maximum Gasteiger partial charge on any atom is 0.254 e. The van der Waals surface area contributed by atoms with Crippen molar-refractivity contribution >= 4 is 5.91 Å². The molecule has 1 amide bonds. The molecule has 0 saturated heterocycles. The van der Waals surface area contributed by atoms with Crippen LogP contribution in [0.25, 0.3) is 0 Å². The molecule has 1 aliphatic rings. The minimum Gasteiger partial charge on any atom is -0.388 e. The maximum atomic E-state index is 11.8. The van der Waals surface area contributed by atoms with Crippen molar-refractivity contribution in [2.24, 2.45) is 5.92 Å². The molecular weight excluding hydrogens is 242 g/mol. The van der Waals surface area contributed by atoms with E-state index in [1.54, 1.807) is 0 Å². The van der Waals surface area contributed by atoms with Gasteiger partial charge in [-0.2, -0.15) is 0 Å². The summed E-state index contributed by atoms with van der Waals surface area (Å²) in [6.45, 7) is 2.49.